The van der Waals surface area contributed by atoms with Crippen LogP contribution in [0.1, 0.15) is 25.3 Å². The van der Waals surface area contributed by atoms with Crippen LogP contribution in [0, 0.1) is 11.6 Å². The summed E-state index contributed by atoms with van der Waals surface area (Å²) in [5, 5.41) is 0. The number of sulfonamides is 1. The van der Waals surface area contributed by atoms with Crippen molar-refractivity contribution in [1.82, 2.24) is 4.31 Å². The smallest absolute Gasteiger partial charge is 0.243 e. The van der Waals surface area contributed by atoms with Crippen molar-refractivity contribution in [3.63, 3.8) is 0 Å². The molecular formula is C19H22F2N2O2S. The lowest BCUT2D eigenvalue weighted by molar-refractivity contribution is 0.381. The largest absolute Gasteiger partial charge is 0.364 e. The predicted octanol–water partition coefficient (Wildman–Crippen LogP) is 3.60. The monoisotopic (exact) mass is 380 g/mol. The van der Waals surface area contributed by atoms with E-state index in [1.54, 1.807) is 17.0 Å². The van der Waals surface area contributed by atoms with E-state index in [1.165, 1.54) is 22.5 Å². The maximum absolute atomic E-state index is 13.9. The van der Waals surface area contributed by atoms with Crippen LogP contribution >= 0.6 is 0 Å². The Morgan fingerprint density at radius 3 is 1.92 bits per heavy atom. The number of nitrogens with zero attached hydrogens (tertiary/aromatic N) is 2. The number of halogens is 2. The van der Waals surface area contributed by atoms with E-state index in [4.69, 9.17) is 0 Å². The molecule has 1 fully saturated rings. The van der Waals surface area contributed by atoms with E-state index < -0.39 is 21.7 Å². The summed E-state index contributed by atoms with van der Waals surface area (Å²) in [6.07, 6.45) is 0. The van der Waals surface area contributed by atoms with Crippen LogP contribution < -0.4 is 4.90 Å². The molecule has 1 aliphatic rings. The summed E-state index contributed by atoms with van der Waals surface area (Å²) in [6.45, 7) is 4.93. The highest BCUT2D eigenvalue weighted by Crippen LogP contribution is 2.26. The molecule has 0 aromatic heterocycles. The number of piperazine rings is 1. The van der Waals surface area contributed by atoms with Gasteiger partial charge >= 0.3 is 0 Å². The van der Waals surface area contributed by atoms with Gasteiger partial charge in [-0.2, -0.15) is 4.31 Å². The number of hydrogen-bond donors (Lipinski definition) is 0. The van der Waals surface area contributed by atoms with E-state index in [2.05, 4.69) is 0 Å². The van der Waals surface area contributed by atoms with Crippen molar-refractivity contribution in [2.75, 3.05) is 31.1 Å². The van der Waals surface area contributed by atoms with Crippen molar-refractivity contribution in [2.45, 2.75) is 24.7 Å². The number of para-hydroxylation sites is 1. The molecule has 0 bridgehead atoms. The van der Waals surface area contributed by atoms with Gasteiger partial charge in [0.1, 0.15) is 17.3 Å². The summed E-state index contributed by atoms with van der Waals surface area (Å²) in [5.41, 5.74) is 0.981. The number of hydrogen-bond acceptors (Lipinski definition) is 3. The van der Waals surface area contributed by atoms with Gasteiger partial charge in [-0.15, -0.1) is 0 Å². The zero-order valence-corrected chi connectivity index (χ0v) is 15.6. The lowest BCUT2D eigenvalue weighted by Crippen LogP contribution is -2.49. The first-order chi connectivity index (χ1) is 12.3. The molecule has 0 saturated carbocycles. The lowest BCUT2D eigenvalue weighted by Gasteiger charge is -2.35. The van der Waals surface area contributed by atoms with Crippen LogP contribution in [0.5, 0.6) is 0 Å². The molecule has 0 radical (unpaired) electrons. The van der Waals surface area contributed by atoms with Gasteiger partial charge in [-0.05, 0) is 35.7 Å². The van der Waals surface area contributed by atoms with E-state index in [1.807, 2.05) is 26.0 Å². The molecule has 2 aromatic carbocycles. The minimum absolute atomic E-state index is 0.0918. The van der Waals surface area contributed by atoms with Gasteiger partial charge in [0.2, 0.25) is 10.0 Å². The van der Waals surface area contributed by atoms with Crippen molar-refractivity contribution >= 4 is 15.7 Å². The first-order valence-electron chi connectivity index (χ1n) is 8.60. The molecule has 1 aliphatic heterocycles. The standard InChI is InChI=1S/C19H22F2N2O2S/c1-14(2)15-6-8-16(9-7-15)26(24,25)23-12-10-22(11-13-23)19-17(20)4-3-5-18(19)21/h3-9,14H,10-13H2,1-2H3. The van der Waals surface area contributed by atoms with Crippen molar-refractivity contribution < 1.29 is 17.2 Å². The Morgan fingerprint density at radius 2 is 1.42 bits per heavy atom. The van der Waals surface area contributed by atoms with Gasteiger partial charge in [-0.25, -0.2) is 17.2 Å². The molecule has 0 atom stereocenters. The SMILES string of the molecule is CC(C)c1ccc(S(=O)(=O)N2CCN(c3c(F)cccc3F)CC2)cc1. The highest BCUT2D eigenvalue weighted by molar-refractivity contribution is 7.89. The third-order valence-electron chi connectivity index (χ3n) is 4.68. The van der Waals surface area contributed by atoms with Gasteiger partial charge in [0.25, 0.3) is 0 Å². The van der Waals surface area contributed by atoms with Gasteiger partial charge in [0.15, 0.2) is 0 Å². The van der Waals surface area contributed by atoms with Gasteiger partial charge < -0.3 is 4.90 Å². The molecule has 26 heavy (non-hydrogen) atoms. The molecule has 0 N–H and O–H groups in total. The molecular weight excluding hydrogens is 358 g/mol. The highest BCUT2D eigenvalue weighted by atomic mass is 32.2. The van der Waals surface area contributed by atoms with Crippen LogP contribution in [-0.2, 0) is 10.0 Å². The summed E-state index contributed by atoms with van der Waals surface area (Å²) in [6, 6.07) is 10.6. The third kappa shape index (κ3) is 3.59. The van der Waals surface area contributed by atoms with E-state index in [0.717, 1.165) is 5.56 Å². The van der Waals surface area contributed by atoms with E-state index >= 15 is 0 Å². The summed E-state index contributed by atoms with van der Waals surface area (Å²) >= 11 is 0. The van der Waals surface area contributed by atoms with Crippen molar-refractivity contribution in [3.8, 4) is 0 Å². The summed E-state index contributed by atoms with van der Waals surface area (Å²) in [5.74, 6) is -0.942. The molecule has 140 valence electrons. The van der Waals surface area contributed by atoms with Crippen LogP contribution in [-0.4, -0.2) is 38.9 Å². The molecule has 1 heterocycles. The van der Waals surface area contributed by atoms with E-state index in [-0.39, 0.29) is 36.8 Å². The topological polar surface area (TPSA) is 40.6 Å². The summed E-state index contributed by atoms with van der Waals surface area (Å²) < 4.78 is 54.8. The molecule has 0 aliphatic carbocycles. The summed E-state index contributed by atoms with van der Waals surface area (Å²) in [4.78, 5) is 1.80. The van der Waals surface area contributed by atoms with Crippen LogP contribution in [0.25, 0.3) is 0 Å². The normalized spacial score (nSPS) is 16.3. The van der Waals surface area contributed by atoms with Crippen LogP contribution in [0.3, 0.4) is 0 Å². The third-order valence-corrected chi connectivity index (χ3v) is 6.59. The predicted molar refractivity (Wildman–Crippen MR) is 97.9 cm³/mol. The number of anilines is 1. The average molecular weight is 380 g/mol. The molecule has 3 rings (SSSR count). The fraction of sp³-hybridized carbons (Fsp3) is 0.368. The Kier molecular flexibility index (Phi) is 5.29. The molecule has 0 amide bonds. The van der Waals surface area contributed by atoms with E-state index in [9.17, 15) is 17.2 Å². The van der Waals surface area contributed by atoms with Crippen LogP contribution in [0.4, 0.5) is 14.5 Å². The Morgan fingerprint density at radius 1 is 0.885 bits per heavy atom. The van der Waals surface area contributed by atoms with Crippen LogP contribution in [0.2, 0.25) is 0 Å². The minimum atomic E-state index is -3.61. The Bertz CT molecular complexity index is 855. The fourth-order valence-corrected chi connectivity index (χ4v) is 4.54. The lowest BCUT2D eigenvalue weighted by atomic mass is 10.0. The van der Waals surface area contributed by atoms with Gasteiger partial charge in [0, 0.05) is 26.2 Å². The molecule has 4 nitrogen and oxygen atoms in total. The maximum atomic E-state index is 13.9. The second-order valence-electron chi connectivity index (χ2n) is 6.69. The molecule has 7 heteroatoms. The average Bonchev–Trinajstić information content (AvgIpc) is 2.62. The minimum Gasteiger partial charge on any atom is -0.364 e. The molecule has 0 unspecified atom stereocenters. The number of benzene rings is 2. The molecule has 2 aromatic rings. The van der Waals surface area contributed by atoms with Gasteiger partial charge in [-0.1, -0.05) is 32.0 Å². The second kappa shape index (κ2) is 7.32. The quantitative estimate of drug-likeness (QED) is 0.814. The van der Waals surface area contributed by atoms with Crippen molar-refractivity contribution in [2.24, 2.45) is 0 Å². The summed E-state index contributed by atoms with van der Waals surface area (Å²) in [7, 11) is -3.61. The van der Waals surface area contributed by atoms with Crippen LogP contribution in [0.15, 0.2) is 47.4 Å². The number of rotatable bonds is 4. The Balaban J connectivity index is 1.74. The Hall–Kier alpha value is -1.99. The Labute approximate surface area is 153 Å². The van der Waals surface area contributed by atoms with Crippen molar-refractivity contribution in [3.05, 3.63) is 59.7 Å². The zero-order chi connectivity index (χ0) is 18.9. The fourth-order valence-electron chi connectivity index (χ4n) is 3.12. The van der Waals surface area contributed by atoms with Gasteiger partial charge in [-0.3, -0.25) is 0 Å². The van der Waals surface area contributed by atoms with Gasteiger partial charge in [0.05, 0.1) is 4.90 Å². The first kappa shape index (κ1) is 18.8. The zero-order valence-electron chi connectivity index (χ0n) is 14.8. The van der Waals surface area contributed by atoms with Crippen molar-refractivity contribution in [1.29, 1.82) is 0 Å². The maximum Gasteiger partial charge on any atom is 0.243 e. The highest BCUT2D eigenvalue weighted by Gasteiger charge is 2.30. The second-order valence-corrected chi connectivity index (χ2v) is 8.62. The molecule has 1 saturated heterocycles. The molecule has 0 spiro atoms. The van der Waals surface area contributed by atoms with E-state index in [0.29, 0.717) is 5.92 Å². The first-order valence-corrected chi connectivity index (χ1v) is 10.0.